The van der Waals surface area contributed by atoms with Crippen molar-refractivity contribution in [3.8, 4) is 12.3 Å². The molecule has 1 aromatic rings. The van der Waals surface area contributed by atoms with Gasteiger partial charge in [0.15, 0.2) is 0 Å². The summed E-state index contributed by atoms with van der Waals surface area (Å²) in [5.41, 5.74) is -0.524. The van der Waals surface area contributed by atoms with Crippen LogP contribution in [0.5, 0.6) is 0 Å². The largest absolute Gasteiger partial charge is 0.465 e. The fraction of sp³-hybridized carbons (Fsp3) is 0.536. The second-order valence-electron chi connectivity index (χ2n) is 9.92. The summed E-state index contributed by atoms with van der Waals surface area (Å²) in [5.74, 6) is -1.53. The monoisotopic (exact) mass is 605 g/mol. The summed E-state index contributed by atoms with van der Waals surface area (Å²) in [6, 6.07) is 0.243. The van der Waals surface area contributed by atoms with E-state index in [0.29, 0.717) is 5.06 Å². The first-order chi connectivity index (χ1) is 20.2. The number of ether oxygens (including phenoxy) is 3. The van der Waals surface area contributed by atoms with E-state index in [1.54, 1.807) is 34.6 Å². The Kier molecular flexibility index (Phi) is 15.2. The maximum atomic E-state index is 12.8. The molecule has 0 saturated heterocycles. The Bertz CT molecular complexity index is 1170. The number of carbonyl (C=O) groups is 6. The van der Waals surface area contributed by atoms with Crippen LogP contribution in [0.1, 0.15) is 66.0 Å². The van der Waals surface area contributed by atoms with Crippen LogP contribution in [0, 0.1) is 12.3 Å². The fourth-order valence-electron chi connectivity index (χ4n) is 3.36. The third kappa shape index (κ3) is 14.1. The number of carbonyl (C=O) groups excluding carboxylic acids is 6. The number of hydrogen-bond acceptors (Lipinski definition) is 11. The number of pyridine rings is 1. The number of anilines is 1. The van der Waals surface area contributed by atoms with Crippen molar-refractivity contribution in [2.24, 2.45) is 0 Å². The van der Waals surface area contributed by atoms with E-state index in [1.807, 2.05) is 0 Å². The topological polar surface area (TPSA) is 203 Å². The van der Waals surface area contributed by atoms with Crippen molar-refractivity contribution in [3.63, 3.8) is 0 Å². The van der Waals surface area contributed by atoms with Crippen LogP contribution in [0.3, 0.4) is 0 Å². The minimum atomic E-state index is -1.32. The molecular formula is C28H39N5O10. The van der Waals surface area contributed by atoms with Crippen molar-refractivity contribution < 1.29 is 48.2 Å². The average molecular weight is 606 g/mol. The summed E-state index contributed by atoms with van der Waals surface area (Å²) in [5, 5.41) is 17.7. The molecule has 1 rings (SSSR count). The minimum Gasteiger partial charge on any atom is -0.465 e. The predicted molar refractivity (Wildman–Crippen MR) is 151 cm³/mol. The van der Waals surface area contributed by atoms with Crippen molar-refractivity contribution in [3.05, 3.63) is 24.0 Å². The first kappa shape index (κ1) is 36.3. The molecule has 0 bridgehead atoms. The van der Waals surface area contributed by atoms with Crippen molar-refractivity contribution >= 4 is 41.4 Å². The lowest BCUT2D eigenvalue weighted by atomic mass is 10.1. The van der Waals surface area contributed by atoms with Crippen LogP contribution in [0.15, 0.2) is 18.3 Å². The van der Waals surface area contributed by atoms with Crippen LogP contribution in [-0.2, 0) is 38.2 Å². The van der Waals surface area contributed by atoms with Crippen molar-refractivity contribution in [1.82, 2.24) is 20.9 Å². The number of aromatic nitrogens is 1. The van der Waals surface area contributed by atoms with Crippen LogP contribution in [0.4, 0.5) is 10.5 Å². The lowest BCUT2D eigenvalue weighted by Gasteiger charge is -2.23. The summed E-state index contributed by atoms with van der Waals surface area (Å²) in [6.45, 7) is 7.71. The van der Waals surface area contributed by atoms with Gasteiger partial charge in [0.1, 0.15) is 29.9 Å². The first-order valence-electron chi connectivity index (χ1n) is 13.5. The van der Waals surface area contributed by atoms with Crippen LogP contribution in [-0.4, -0.2) is 83.4 Å². The molecule has 236 valence electrons. The number of rotatable bonds is 15. The van der Waals surface area contributed by atoms with Crippen LogP contribution in [0.25, 0.3) is 0 Å². The quantitative estimate of drug-likeness (QED) is 0.0729. The molecule has 0 unspecified atom stereocenters. The molecule has 15 heteroatoms. The molecule has 0 aromatic carbocycles. The first-order valence-corrected chi connectivity index (χ1v) is 13.5. The van der Waals surface area contributed by atoms with Gasteiger partial charge in [-0.15, -0.1) is 6.42 Å². The number of amides is 4. The van der Waals surface area contributed by atoms with Crippen molar-refractivity contribution in [2.75, 3.05) is 24.8 Å². The van der Waals surface area contributed by atoms with Gasteiger partial charge in [-0.25, -0.2) is 14.6 Å². The van der Waals surface area contributed by atoms with Gasteiger partial charge in [-0.3, -0.25) is 24.4 Å². The van der Waals surface area contributed by atoms with Gasteiger partial charge in [-0.2, -0.15) is 5.06 Å². The second kappa shape index (κ2) is 18.0. The molecule has 4 amide bonds. The van der Waals surface area contributed by atoms with E-state index < -0.39 is 66.4 Å². The molecule has 4 N–H and O–H groups in total. The molecular weight excluding hydrogens is 566 g/mol. The van der Waals surface area contributed by atoms with Crippen molar-refractivity contribution in [2.45, 2.75) is 78.0 Å². The predicted octanol–water partition coefficient (Wildman–Crippen LogP) is 0.966. The van der Waals surface area contributed by atoms with Gasteiger partial charge in [0, 0.05) is 12.8 Å². The molecule has 0 radical (unpaired) electrons. The smallest absolute Gasteiger partial charge is 0.408 e. The zero-order valence-corrected chi connectivity index (χ0v) is 24.9. The molecule has 0 saturated carbocycles. The molecule has 0 aliphatic rings. The van der Waals surface area contributed by atoms with E-state index >= 15 is 0 Å². The number of nitrogens with zero attached hydrogens (tertiary/aromatic N) is 2. The lowest BCUT2D eigenvalue weighted by Crippen LogP contribution is -2.49. The Labute approximate surface area is 250 Å². The third-order valence-corrected chi connectivity index (χ3v) is 5.31. The second-order valence-corrected chi connectivity index (χ2v) is 9.92. The summed E-state index contributed by atoms with van der Waals surface area (Å²) in [6.07, 6.45) is 4.32. The molecule has 0 spiro atoms. The van der Waals surface area contributed by atoms with E-state index in [2.05, 4.69) is 26.9 Å². The van der Waals surface area contributed by atoms with Gasteiger partial charge in [0.05, 0.1) is 25.1 Å². The number of hydroxylamine groups is 1. The zero-order chi connectivity index (χ0) is 32.6. The fourth-order valence-corrected chi connectivity index (χ4v) is 3.36. The number of esters is 2. The normalized spacial score (nSPS) is 12.0. The van der Waals surface area contributed by atoms with E-state index in [9.17, 15) is 34.0 Å². The highest BCUT2D eigenvalue weighted by Crippen LogP contribution is 2.14. The van der Waals surface area contributed by atoms with Gasteiger partial charge < -0.3 is 30.2 Å². The standard InChI is InChI=1S/C28H39N5O10/c1-7-18-10-11-19(16-29-18)33(40)23(35)15-13-20(25(37)30-17-24(36)41-8-2)31-22(34)14-12-21(26(38)42-9-3)32-27(39)43-28(4,5)6/h1,10-11,16,20-21,40H,8-9,12-15,17H2,2-6H3,(H,30,37)(H,31,34)(H,32,39)/t20-,21-/m0/s1. The number of hydrogen-bond donors (Lipinski definition) is 4. The highest BCUT2D eigenvalue weighted by Gasteiger charge is 2.28. The highest BCUT2D eigenvalue weighted by atomic mass is 16.6. The van der Waals surface area contributed by atoms with Crippen LogP contribution < -0.4 is 21.0 Å². The van der Waals surface area contributed by atoms with Crippen molar-refractivity contribution in [1.29, 1.82) is 0 Å². The summed E-state index contributed by atoms with van der Waals surface area (Å²) in [7, 11) is 0. The average Bonchev–Trinajstić information content (AvgIpc) is 2.94. The maximum absolute atomic E-state index is 12.8. The molecule has 1 heterocycles. The summed E-state index contributed by atoms with van der Waals surface area (Å²) < 4.78 is 14.9. The SMILES string of the molecule is C#Cc1ccc(N(O)C(=O)CC[C@H](NC(=O)CC[C@H](NC(=O)OC(C)(C)C)C(=O)OCC)C(=O)NCC(=O)OCC)cn1. The van der Waals surface area contributed by atoms with Crippen LogP contribution >= 0.6 is 0 Å². The number of nitrogens with one attached hydrogen (secondary N) is 3. The van der Waals surface area contributed by atoms with Gasteiger partial charge in [0.2, 0.25) is 11.8 Å². The number of alkyl carbamates (subject to hydrolysis) is 1. The van der Waals surface area contributed by atoms with Gasteiger partial charge in [0.25, 0.3) is 5.91 Å². The highest BCUT2D eigenvalue weighted by molar-refractivity contribution is 5.93. The summed E-state index contributed by atoms with van der Waals surface area (Å²) in [4.78, 5) is 78.4. The molecule has 2 atom stereocenters. The number of terminal acetylenes is 1. The van der Waals surface area contributed by atoms with E-state index in [1.165, 1.54) is 18.3 Å². The maximum Gasteiger partial charge on any atom is 0.408 e. The molecule has 1 aromatic heterocycles. The Balaban J connectivity index is 2.93. The Hall–Kier alpha value is -4.71. The third-order valence-electron chi connectivity index (χ3n) is 5.31. The Morgan fingerprint density at radius 3 is 2.21 bits per heavy atom. The Morgan fingerprint density at radius 2 is 1.65 bits per heavy atom. The molecule has 0 fully saturated rings. The lowest BCUT2D eigenvalue weighted by molar-refractivity contribution is -0.146. The molecule has 15 nitrogen and oxygen atoms in total. The van der Waals surface area contributed by atoms with E-state index in [-0.39, 0.29) is 43.9 Å². The van der Waals surface area contributed by atoms with E-state index in [0.717, 1.165) is 0 Å². The van der Waals surface area contributed by atoms with Gasteiger partial charge in [-0.1, -0.05) is 5.92 Å². The van der Waals surface area contributed by atoms with Gasteiger partial charge in [-0.05, 0) is 59.6 Å². The zero-order valence-electron chi connectivity index (χ0n) is 24.9. The van der Waals surface area contributed by atoms with Gasteiger partial charge >= 0.3 is 18.0 Å². The molecule has 43 heavy (non-hydrogen) atoms. The Morgan fingerprint density at radius 1 is 1.00 bits per heavy atom. The van der Waals surface area contributed by atoms with E-state index in [4.69, 9.17) is 20.6 Å². The molecule has 0 aliphatic carbocycles. The minimum absolute atomic E-state index is 0.0267. The summed E-state index contributed by atoms with van der Waals surface area (Å²) >= 11 is 0. The van der Waals surface area contributed by atoms with Crippen LogP contribution in [0.2, 0.25) is 0 Å². The molecule has 0 aliphatic heterocycles.